The van der Waals surface area contributed by atoms with E-state index in [9.17, 15) is 18.0 Å². The number of sulfone groups is 1. The van der Waals surface area contributed by atoms with Crippen LogP contribution in [0.1, 0.15) is 15.9 Å². The van der Waals surface area contributed by atoms with E-state index in [0.717, 1.165) is 11.3 Å². The van der Waals surface area contributed by atoms with Gasteiger partial charge in [0.05, 0.1) is 16.1 Å². The van der Waals surface area contributed by atoms with Gasteiger partial charge in [0, 0.05) is 31.9 Å². The molecular weight excluding hydrogens is 450 g/mol. The number of anilines is 2. The summed E-state index contributed by atoms with van der Waals surface area (Å²) in [5.74, 6) is -1.58. The quantitative estimate of drug-likeness (QED) is 0.588. The van der Waals surface area contributed by atoms with E-state index >= 15 is 0 Å². The maximum atomic E-state index is 13.2. The molecule has 7 nitrogen and oxygen atoms in total. The second-order valence-electron chi connectivity index (χ2n) is 8.28. The lowest BCUT2D eigenvalue weighted by Crippen LogP contribution is -2.49. The number of hydrogen-bond acceptors (Lipinski definition) is 5. The van der Waals surface area contributed by atoms with E-state index in [1.54, 1.807) is 41.3 Å². The SMILES string of the molecule is Cc1ccc(S(=O)(=O)CC(=O)Nc2ccccc2C(=O)N2CCN(c3ccccc3)CC2)cc1. The number of carbonyl (C=O) groups excluding carboxylic acids is 2. The van der Waals surface area contributed by atoms with Crippen LogP contribution in [-0.4, -0.2) is 57.1 Å². The van der Waals surface area contributed by atoms with Gasteiger partial charge in [0.25, 0.3) is 5.91 Å². The maximum Gasteiger partial charge on any atom is 0.256 e. The van der Waals surface area contributed by atoms with Gasteiger partial charge in [0.1, 0.15) is 5.75 Å². The molecule has 3 aromatic carbocycles. The molecule has 1 aliphatic rings. The van der Waals surface area contributed by atoms with Crippen molar-refractivity contribution >= 4 is 33.0 Å². The number of piperazine rings is 1. The zero-order valence-electron chi connectivity index (χ0n) is 19.0. The first-order valence-corrected chi connectivity index (χ1v) is 12.8. The molecule has 1 aliphatic heterocycles. The summed E-state index contributed by atoms with van der Waals surface area (Å²) in [5.41, 5.74) is 2.70. The Morgan fingerprint density at radius 3 is 2.12 bits per heavy atom. The summed E-state index contributed by atoms with van der Waals surface area (Å²) in [6, 6.07) is 23.1. The van der Waals surface area contributed by atoms with Crippen LogP contribution in [0.2, 0.25) is 0 Å². The minimum absolute atomic E-state index is 0.0916. The summed E-state index contributed by atoms with van der Waals surface area (Å²) >= 11 is 0. The molecule has 1 N–H and O–H groups in total. The Kier molecular flexibility index (Phi) is 6.98. The average molecular weight is 478 g/mol. The molecule has 1 saturated heterocycles. The van der Waals surface area contributed by atoms with Gasteiger partial charge in [0.2, 0.25) is 5.91 Å². The number of carbonyl (C=O) groups is 2. The lowest BCUT2D eigenvalue weighted by molar-refractivity contribution is -0.113. The summed E-state index contributed by atoms with van der Waals surface area (Å²) in [4.78, 5) is 29.9. The first-order chi connectivity index (χ1) is 16.3. The molecule has 2 amide bonds. The van der Waals surface area contributed by atoms with E-state index in [1.807, 2.05) is 37.3 Å². The summed E-state index contributed by atoms with van der Waals surface area (Å²) in [7, 11) is -3.80. The molecule has 0 spiro atoms. The van der Waals surface area contributed by atoms with Crippen molar-refractivity contribution in [1.82, 2.24) is 4.90 Å². The van der Waals surface area contributed by atoms with E-state index in [1.165, 1.54) is 12.1 Å². The number of rotatable bonds is 6. The van der Waals surface area contributed by atoms with Crippen LogP contribution < -0.4 is 10.2 Å². The Bertz CT molecular complexity index is 1270. The molecule has 0 aromatic heterocycles. The van der Waals surface area contributed by atoms with Gasteiger partial charge in [-0.05, 0) is 43.3 Å². The van der Waals surface area contributed by atoms with E-state index < -0.39 is 21.5 Å². The number of amides is 2. The van der Waals surface area contributed by atoms with Crippen molar-refractivity contribution in [3.63, 3.8) is 0 Å². The number of nitrogens with one attached hydrogen (secondary N) is 1. The van der Waals surface area contributed by atoms with Crippen molar-refractivity contribution in [3.8, 4) is 0 Å². The van der Waals surface area contributed by atoms with E-state index in [0.29, 0.717) is 37.4 Å². The van der Waals surface area contributed by atoms with Gasteiger partial charge in [-0.3, -0.25) is 9.59 Å². The normalized spacial score (nSPS) is 14.0. The van der Waals surface area contributed by atoms with E-state index in [4.69, 9.17) is 0 Å². The highest BCUT2D eigenvalue weighted by Crippen LogP contribution is 2.21. The molecule has 4 rings (SSSR count). The van der Waals surface area contributed by atoms with Gasteiger partial charge in [0.15, 0.2) is 9.84 Å². The van der Waals surface area contributed by atoms with Crippen molar-refractivity contribution < 1.29 is 18.0 Å². The number of para-hydroxylation sites is 2. The predicted molar refractivity (Wildman–Crippen MR) is 133 cm³/mol. The molecular formula is C26H27N3O4S. The molecule has 1 heterocycles. The van der Waals surface area contributed by atoms with Gasteiger partial charge < -0.3 is 15.1 Å². The smallest absolute Gasteiger partial charge is 0.256 e. The second kappa shape index (κ2) is 10.1. The van der Waals surface area contributed by atoms with Gasteiger partial charge in [-0.2, -0.15) is 0 Å². The van der Waals surface area contributed by atoms with Gasteiger partial charge in [-0.15, -0.1) is 0 Å². The van der Waals surface area contributed by atoms with Gasteiger partial charge in [-0.1, -0.05) is 48.0 Å². The van der Waals surface area contributed by atoms with Crippen molar-refractivity contribution in [3.05, 3.63) is 90.0 Å². The highest BCUT2D eigenvalue weighted by atomic mass is 32.2. The van der Waals surface area contributed by atoms with Crippen LogP contribution in [0, 0.1) is 6.92 Å². The Balaban J connectivity index is 1.42. The Morgan fingerprint density at radius 2 is 1.44 bits per heavy atom. The molecule has 0 saturated carbocycles. The van der Waals surface area contributed by atoms with Crippen LogP contribution in [-0.2, 0) is 14.6 Å². The molecule has 0 radical (unpaired) electrons. The number of hydrogen-bond donors (Lipinski definition) is 1. The molecule has 34 heavy (non-hydrogen) atoms. The summed E-state index contributed by atoms with van der Waals surface area (Å²) in [6.07, 6.45) is 0. The molecule has 0 atom stereocenters. The Morgan fingerprint density at radius 1 is 0.824 bits per heavy atom. The molecule has 0 aliphatic carbocycles. The van der Waals surface area contributed by atoms with Crippen LogP contribution in [0.15, 0.2) is 83.8 Å². The first kappa shape index (κ1) is 23.5. The molecule has 0 unspecified atom stereocenters. The summed E-state index contributed by atoms with van der Waals surface area (Å²) < 4.78 is 25.2. The fourth-order valence-electron chi connectivity index (χ4n) is 3.94. The third-order valence-corrected chi connectivity index (χ3v) is 7.45. The monoisotopic (exact) mass is 477 g/mol. The van der Waals surface area contributed by atoms with Gasteiger partial charge >= 0.3 is 0 Å². The third kappa shape index (κ3) is 5.46. The van der Waals surface area contributed by atoms with Crippen LogP contribution >= 0.6 is 0 Å². The maximum absolute atomic E-state index is 13.2. The van der Waals surface area contributed by atoms with Crippen LogP contribution in [0.25, 0.3) is 0 Å². The largest absolute Gasteiger partial charge is 0.368 e. The van der Waals surface area contributed by atoms with Crippen molar-refractivity contribution in [2.24, 2.45) is 0 Å². The Labute approximate surface area is 199 Å². The van der Waals surface area contributed by atoms with Crippen LogP contribution in [0.3, 0.4) is 0 Å². The minimum Gasteiger partial charge on any atom is -0.368 e. The predicted octanol–water partition coefficient (Wildman–Crippen LogP) is 3.37. The minimum atomic E-state index is -3.80. The number of benzene rings is 3. The lowest BCUT2D eigenvalue weighted by Gasteiger charge is -2.36. The standard InChI is InChI=1S/C26H27N3O4S/c1-20-11-13-22(14-12-20)34(32,33)19-25(30)27-24-10-6-5-9-23(24)26(31)29-17-15-28(16-18-29)21-7-3-2-4-8-21/h2-14H,15-19H2,1H3,(H,27,30). The lowest BCUT2D eigenvalue weighted by atomic mass is 10.1. The molecule has 1 fully saturated rings. The molecule has 176 valence electrons. The van der Waals surface area contributed by atoms with Crippen LogP contribution in [0.4, 0.5) is 11.4 Å². The molecule has 3 aromatic rings. The third-order valence-electron chi connectivity index (χ3n) is 5.82. The second-order valence-corrected chi connectivity index (χ2v) is 10.3. The zero-order valence-corrected chi connectivity index (χ0v) is 19.8. The summed E-state index contributed by atoms with van der Waals surface area (Å²) in [6.45, 7) is 4.38. The Hall–Kier alpha value is -3.65. The van der Waals surface area contributed by atoms with Crippen LogP contribution in [0.5, 0.6) is 0 Å². The fraction of sp³-hybridized carbons (Fsp3) is 0.231. The number of nitrogens with zero attached hydrogens (tertiary/aromatic N) is 2. The zero-order chi connectivity index (χ0) is 24.1. The fourth-order valence-corrected chi connectivity index (χ4v) is 5.08. The highest BCUT2D eigenvalue weighted by Gasteiger charge is 2.25. The van der Waals surface area contributed by atoms with Gasteiger partial charge in [-0.25, -0.2) is 8.42 Å². The van der Waals surface area contributed by atoms with Crippen molar-refractivity contribution in [2.45, 2.75) is 11.8 Å². The van der Waals surface area contributed by atoms with Crippen molar-refractivity contribution in [2.75, 3.05) is 42.1 Å². The molecule has 0 bridgehead atoms. The van der Waals surface area contributed by atoms with E-state index in [-0.39, 0.29) is 10.8 Å². The first-order valence-electron chi connectivity index (χ1n) is 11.1. The topological polar surface area (TPSA) is 86.8 Å². The average Bonchev–Trinajstić information content (AvgIpc) is 2.84. The summed E-state index contributed by atoms with van der Waals surface area (Å²) in [5, 5.41) is 2.63. The van der Waals surface area contributed by atoms with Crippen molar-refractivity contribution in [1.29, 1.82) is 0 Å². The molecule has 8 heteroatoms. The van der Waals surface area contributed by atoms with E-state index in [2.05, 4.69) is 10.2 Å². The number of aryl methyl sites for hydroxylation is 1. The highest BCUT2D eigenvalue weighted by molar-refractivity contribution is 7.92.